The Kier molecular flexibility index (Phi) is 4.65. The van der Waals surface area contributed by atoms with Gasteiger partial charge in [0.15, 0.2) is 18.2 Å². The van der Waals surface area contributed by atoms with Crippen LogP contribution >= 0.6 is 0 Å². The number of allylic oxidation sites excluding steroid dienone is 3. The van der Waals surface area contributed by atoms with Crippen LogP contribution in [0.1, 0.15) is 59.3 Å². The third-order valence-corrected chi connectivity index (χ3v) is 8.18. The maximum Gasteiger partial charge on any atom is 0.303 e. The molecule has 5 nitrogen and oxygen atoms in total. The molecule has 0 heterocycles. The van der Waals surface area contributed by atoms with E-state index in [0.29, 0.717) is 24.7 Å². The summed E-state index contributed by atoms with van der Waals surface area (Å²) in [5, 5.41) is 11.3. The topological polar surface area (TPSA) is 80.7 Å². The summed E-state index contributed by atoms with van der Waals surface area (Å²) in [6, 6.07) is 0. The third-order valence-electron chi connectivity index (χ3n) is 8.18. The number of fused-ring (bicyclic) bond motifs is 5. The molecule has 152 valence electrons. The number of ketones is 2. The van der Waals surface area contributed by atoms with E-state index in [4.69, 9.17) is 4.74 Å². The van der Waals surface area contributed by atoms with Gasteiger partial charge in [0.2, 0.25) is 0 Å². The van der Waals surface area contributed by atoms with Gasteiger partial charge in [-0.05, 0) is 61.3 Å². The second kappa shape index (κ2) is 6.65. The summed E-state index contributed by atoms with van der Waals surface area (Å²) in [6.45, 7) is 5.40. The van der Waals surface area contributed by atoms with Crippen LogP contribution in [-0.2, 0) is 19.1 Å². The Morgan fingerprint density at radius 3 is 2.71 bits per heavy atom. The summed E-state index contributed by atoms with van der Waals surface area (Å²) in [6.07, 6.45) is 7.96. The maximum atomic E-state index is 12.7. The predicted molar refractivity (Wildman–Crippen MR) is 103 cm³/mol. The molecule has 0 aromatic heterocycles. The van der Waals surface area contributed by atoms with E-state index in [2.05, 4.69) is 13.8 Å². The summed E-state index contributed by atoms with van der Waals surface area (Å²) >= 11 is 0. The molecule has 4 aliphatic rings. The molecular weight excluding hydrogens is 356 g/mol. The second-order valence-corrected chi connectivity index (χ2v) is 9.63. The van der Waals surface area contributed by atoms with Gasteiger partial charge in [-0.3, -0.25) is 14.4 Å². The summed E-state index contributed by atoms with van der Waals surface area (Å²) in [5.74, 6) is 0.394. The van der Waals surface area contributed by atoms with Crippen molar-refractivity contribution in [3.63, 3.8) is 0 Å². The fourth-order valence-electron chi connectivity index (χ4n) is 6.93. The second-order valence-electron chi connectivity index (χ2n) is 9.63. The van der Waals surface area contributed by atoms with Gasteiger partial charge in [0.25, 0.3) is 0 Å². The van der Waals surface area contributed by atoms with Crippen molar-refractivity contribution in [3.8, 4) is 0 Å². The predicted octanol–water partition coefficient (Wildman–Crippen LogP) is 3.16. The molecular formula is C23H30O5. The number of esters is 1. The molecule has 0 radical (unpaired) electrons. The lowest BCUT2D eigenvalue weighted by Crippen LogP contribution is -2.56. The number of hydrogen-bond donors (Lipinski definition) is 1. The Labute approximate surface area is 166 Å². The molecule has 0 saturated heterocycles. The number of hydrogen-bond acceptors (Lipinski definition) is 5. The van der Waals surface area contributed by atoms with Crippen molar-refractivity contribution >= 4 is 17.5 Å². The fraction of sp³-hybridized carbons (Fsp3) is 0.696. The number of carbonyl (C=O) groups excluding carboxylic acids is 3. The molecule has 4 rings (SSSR count). The van der Waals surface area contributed by atoms with Crippen LogP contribution in [-0.4, -0.2) is 35.4 Å². The minimum Gasteiger partial charge on any atom is -0.457 e. The number of Topliss-reactive ketones (excluding diaryl/α,β-unsaturated/α-hetero) is 1. The first kappa shape index (κ1) is 19.6. The van der Waals surface area contributed by atoms with Crippen LogP contribution in [0.25, 0.3) is 0 Å². The van der Waals surface area contributed by atoms with E-state index in [1.807, 2.05) is 12.2 Å². The highest BCUT2D eigenvalue weighted by molar-refractivity contribution is 5.99. The van der Waals surface area contributed by atoms with Gasteiger partial charge in [0.05, 0.1) is 6.10 Å². The quantitative estimate of drug-likeness (QED) is 0.754. The monoisotopic (exact) mass is 386 g/mol. The normalized spacial score (nSPS) is 41.9. The zero-order chi connectivity index (χ0) is 20.3. The van der Waals surface area contributed by atoms with Crippen LogP contribution in [0.3, 0.4) is 0 Å². The van der Waals surface area contributed by atoms with Crippen molar-refractivity contribution in [1.29, 1.82) is 0 Å². The Morgan fingerprint density at radius 1 is 1.25 bits per heavy atom. The van der Waals surface area contributed by atoms with Crippen molar-refractivity contribution < 1.29 is 24.2 Å². The van der Waals surface area contributed by atoms with Crippen molar-refractivity contribution in [2.45, 2.75) is 65.4 Å². The van der Waals surface area contributed by atoms with Gasteiger partial charge in [-0.25, -0.2) is 0 Å². The van der Waals surface area contributed by atoms with Gasteiger partial charge in [-0.2, -0.15) is 0 Å². The maximum absolute atomic E-state index is 12.7. The molecule has 1 unspecified atom stereocenters. The molecule has 0 spiro atoms. The first-order valence-electron chi connectivity index (χ1n) is 10.5. The minimum absolute atomic E-state index is 0.123. The molecule has 28 heavy (non-hydrogen) atoms. The third kappa shape index (κ3) is 2.81. The van der Waals surface area contributed by atoms with E-state index in [-0.39, 0.29) is 34.9 Å². The average Bonchev–Trinajstić information content (AvgIpc) is 2.96. The van der Waals surface area contributed by atoms with Crippen molar-refractivity contribution in [2.75, 3.05) is 6.61 Å². The molecule has 6 atom stereocenters. The number of ether oxygens (including phenoxy) is 1. The molecule has 2 fully saturated rings. The van der Waals surface area contributed by atoms with Gasteiger partial charge >= 0.3 is 5.97 Å². The van der Waals surface area contributed by atoms with Gasteiger partial charge in [-0.1, -0.05) is 25.5 Å². The van der Waals surface area contributed by atoms with E-state index in [0.717, 1.165) is 31.3 Å². The van der Waals surface area contributed by atoms with Gasteiger partial charge in [-0.15, -0.1) is 0 Å². The van der Waals surface area contributed by atoms with E-state index >= 15 is 0 Å². The standard InChI is InChI=1S/C23H30O5/c1-13(24)28-12-20(27)18-7-6-17-16-5-4-14-10-15(25)8-9-22(14,2)21(16)19(26)11-23(17,18)3/h7,10,16-17,19,21,26H,4-6,8-9,11-12H2,1-3H3/t16-,17-,19?,21+,22-,23-/m0/s1. The van der Waals surface area contributed by atoms with E-state index in [1.165, 1.54) is 12.5 Å². The van der Waals surface area contributed by atoms with Crippen molar-refractivity contribution in [3.05, 3.63) is 23.3 Å². The zero-order valence-electron chi connectivity index (χ0n) is 17.0. The highest BCUT2D eigenvalue weighted by Crippen LogP contribution is 2.65. The Balaban J connectivity index is 1.62. The summed E-state index contributed by atoms with van der Waals surface area (Å²) in [5.41, 5.74) is 1.44. The van der Waals surface area contributed by atoms with E-state index in [9.17, 15) is 19.5 Å². The first-order chi connectivity index (χ1) is 13.2. The highest BCUT2D eigenvalue weighted by atomic mass is 16.5. The zero-order valence-corrected chi connectivity index (χ0v) is 17.0. The number of rotatable bonds is 3. The minimum atomic E-state index is -0.504. The van der Waals surface area contributed by atoms with Gasteiger partial charge in [0, 0.05) is 24.3 Å². The van der Waals surface area contributed by atoms with Crippen LogP contribution < -0.4 is 0 Å². The summed E-state index contributed by atoms with van der Waals surface area (Å²) in [7, 11) is 0. The molecule has 0 amide bonds. The van der Waals surface area contributed by atoms with Crippen molar-refractivity contribution in [1.82, 2.24) is 0 Å². The average molecular weight is 386 g/mol. The Morgan fingerprint density at radius 2 is 2.00 bits per heavy atom. The van der Waals surface area contributed by atoms with Crippen LogP contribution in [0.5, 0.6) is 0 Å². The number of aliphatic hydroxyl groups is 1. The molecule has 0 bridgehead atoms. The van der Waals surface area contributed by atoms with Crippen LogP contribution in [0.4, 0.5) is 0 Å². The SMILES string of the molecule is CC(=O)OCC(=O)C1=CC[C@H]2[C@@H]3CCC4=CC(=O)CC[C@]4(C)[C@H]3C(O)C[C@]12C. The first-order valence-corrected chi connectivity index (χ1v) is 10.5. The molecule has 0 aliphatic heterocycles. The number of carbonyl (C=O) groups is 3. The van der Waals surface area contributed by atoms with Crippen molar-refractivity contribution in [2.24, 2.45) is 28.6 Å². The highest BCUT2D eigenvalue weighted by Gasteiger charge is 2.60. The molecule has 4 aliphatic carbocycles. The number of aliphatic hydroxyl groups excluding tert-OH is 1. The van der Waals surface area contributed by atoms with Crippen LogP contribution in [0.2, 0.25) is 0 Å². The molecule has 0 aromatic carbocycles. The molecule has 1 N–H and O–H groups in total. The smallest absolute Gasteiger partial charge is 0.303 e. The fourth-order valence-corrected chi connectivity index (χ4v) is 6.93. The lowest BCUT2D eigenvalue weighted by atomic mass is 9.46. The van der Waals surface area contributed by atoms with Crippen LogP contribution in [0, 0.1) is 28.6 Å². The van der Waals surface area contributed by atoms with Gasteiger partial charge < -0.3 is 9.84 Å². The molecule has 0 aromatic rings. The largest absolute Gasteiger partial charge is 0.457 e. The van der Waals surface area contributed by atoms with Gasteiger partial charge in [0.1, 0.15) is 0 Å². The Bertz CT molecular complexity index is 793. The summed E-state index contributed by atoms with van der Waals surface area (Å²) in [4.78, 5) is 35.8. The molecule has 5 heteroatoms. The molecule has 2 saturated carbocycles. The van der Waals surface area contributed by atoms with Crippen LogP contribution in [0.15, 0.2) is 23.3 Å². The Hall–Kier alpha value is -1.75. The van der Waals surface area contributed by atoms with E-state index < -0.39 is 12.1 Å². The van der Waals surface area contributed by atoms with E-state index in [1.54, 1.807) is 0 Å². The lowest BCUT2D eigenvalue weighted by molar-refractivity contribution is -0.146. The lowest BCUT2D eigenvalue weighted by Gasteiger charge is -2.59. The summed E-state index contributed by atoms with van der Waals surface area (Å²) < 4.78 is 4.94.